The van der Waals surface area contributed by atoms with Crippen LogP contribution in [0.15, 0.2) is 11.3 Å². The number of hydrogen-bond donors (Lipinski definition) is 3. The van der Waals surface area contributed by atoms with Gasteiger partial charge >= 0.3 is 0 Å². The first-order valence-corrected chi connectivity index (χ1v) is 6.21. The molecule has 2 fully saturated rings. The number of aliphatic hydroxyl groups excluding tert-OH is 1. The second-order valence-electron chi connectivity index (χ2n) is 5.24. The average Bonchev–Trinajstić information content (AvgIpc) is 2.76. The Hall–Kier alpha value is -1.52. The highest BCUT2D eigenvalue weighted by molar-refractivity contribution is 6.21. The first kappa shape index (κ1) is 10.6. The van der Waals surface area contributed by atoms with E-state index in [9.17, 15) is 9.90 Å². The Morgan fingerprint density at radius 1 is 1.41 bits per heavy atom. The molecule has 1 aliphatic carbocycles. The van der Waals surface area contributed by atoms with E-state index in [-0.39, 0.29) is 23.2 Å². The monoisotopic (exact) mass is 235 g/mol. The van der Waals surface area contributed by atoms with Crippen molar-refractivity contribution in [2.24, 2.45) is 11.7 Å². The molecular formula is C12H17N3O2. The van der Waals surface area contributed by atoms with E-state index < -0.39 is 5.91 Å². The number of nitrogens with zero attached hydrogens (tertiary/aromatic N) is 1. The number of primary amides is 1. The van der Waals surface area contributed by atoms with Gasteiger partial charge < -0.3 is 15.7 Å². The van der Waals surface area contributed by atoms with Gasteiger partial charge in [-0.3, -0.25) is 10.2 Å². The molecule has 5 nitrogen and oxygen atoms in total. The molecule has 1 saturated heterocycles. The Morgan fingerprint density at radius 3 is 2.82 bits per heavy atom. The predicted octanol–water partition coefficient (Wildman–Crippen LogP) is 0.908. The van der Waals surface area contributed by atoms with E-state index in [1.165, 1.54) is 19.3 Å². The number of carbonyl (C=O) groups excluding carboxylic acids is 1. The van der Waals surface area contributed by atoms with Gasteiger partial charge in [0.2, 0.25) is 0 Å². The van der Waals surface area contributed by atoms with Gasteiger partial charge in [0.15, 0.2) is 0 Å². The molecule has 3 rings (SSSR count). The van der Waals surface area contributed by atoms with Gasteiger partial charge in [0.1, 0.15) is 17.2 Å². The summed E-state index contributed by atoms with van der Waals surface area (Å²) in [5.74, 6) is 0.0336. The zero-order valence-electron chi connectivity index (χ0n) is 9.65. The fourth-order valence-corrected chi connectivity index (χ4v) is 3.69. The summed E-state index contributed by atoms with van der Waals surface area (Å²) in [6.45, 7) is 0. The number of hydrogen-bond acceptors (Lipinski definition) is 3. The highest BCUT2D eigenvalue weighted by Crippen LogP contribution is 2.45. The molecule has 0 aromatic carbocycles. The van der Waals surface area contributed by atoms with Crippen LogP contribution in [0.2, 0.25) is 0 Å². The van der Waals surface area contributed by atoms with Gasteiger partial charge in [-0.1, -0.05) is 12.8 Å². The van der Waals surface area contributed by atoms with E-state index in [1.54, 1.807) is 0 Å². The number of carbonyl (C=O) groups is 1. The van der Waals surface area contributed by atoms with Crippen molar-refractivity contribution in [1.29, 1.82) is 5.41 Å². The average molecular weight is 235 g/mol. The van der Waals surface area contributed by atoms with Crippen molar-refractivity contribution in [1.82, 2.24) is 4.90 Å². The number of nitrogens with one attached hydrogen (secondary N) is 1. The number of amides is 1. The molecule has 1 amide bonds. The molecule has 5 heteroatoms. The normalized spacial score (nSPS) is 36.1. The van der Waals surface area contributed by atoms with E-state index >= 15 is 0 Å². The maximum absolute atomic E-state index is 11.3. The van der Waals surface area contributed by atoms with Crippen LogP contribution in [0.4, 0.5) is 0 Å². The lowest BCUT2D eigenvalue weighted by atomic mass is 9.84. The van der Waals surface area contributed by atoms with E-state index in [0.717, 1.165) is 12.8 Å². The topological polar surface area (TPSA) is 90.4 Å². The molecule has 4 N–H and O–H groups in total. The van der Waals surface area contributed by atoms with E-state index in [1.807, 2.05) is 4.90 Å². The molecule has 17 heavy (non-hydrogen) atoms. The zero-order valence-corrected chi connectivity index (χ0v) is 9.65. The van der Waals surface area contributed by atoms with Crippen LogP contribution in [-0.2, 0) is 4.79 Å². The minimum absolute atomic E-state index is 0.0249. The van der Waals surface area contributed by atoms with Crippen LogP contribution in [0.5, 0.6) is 0 Å². The third kappa shape index (κ3) is 1.31. The SMILES string of the molecule is N=C1C(C(N)=O)=C(O)[C@H]2C[C@H]3CCCC[C@H]3N12. The van der Waals surface area contributed by atoms with Gasteiger partial charge in [-0.15, -0.1) is 0 Å². The third-order valence-corrected chi connectivity index (χ3v) is 4.40. The van der Waals surface area contributed by atoms with Gasteiger partial charge in [0.05, 0.1) is 6.04 Å². The van der Waals surface area contributed by atoms with Crippen molar-refractivity contribution in [3.63, 3.8) is 0 Å². The number of amidine groups is 1. The van der Waals surface area contributed by atoms with Gasteiger partial charge in [0.25, 0.3) is 5.91 Å². The second kappa shape index (κ2) is 3.48. The van der Waals surface area contributed by atoms with E-state index in [2.05, 4.69) is 0 Å². The highest BCUT2D eigenvalue weighted by Gasteiger charge is 2.51. The molecule has 0 unspecified atom stereocenters. The maximum atomic E-state index is 11.3. The Morgan fingerprint density at radius 2 is 2.12 bits per heavy atom. The molecule has 0 aromatic rings. The van der Waals surface area contributed by atoms with Crippen molar-refractivity contribution in [2.75, 3.05) is 0 Å². The molecule has 0 aromatic heterocycles. The molecule has 92 valence electrons. The molecule has 2 heterocycles. The summed E-state index contributed by atoms with van der Waals surface area (Å²) < 4.78 is 0. The summed E-state index contributed by atoms with van der Waals surface area (Å²) in [7, 11) is 0. The van der Waals surface area contributed by atoms with Crippen molar-refractivity contribution in [3.05, 3.63) is 11.3 Å². The number of aliphatic hydroxyl groups is 1. The molecule has 0 spiro atoms. The minimum Gasteiger partial charge on any atom is -0.509 e. The smallest absolute Gasteiger partial charge is 0.255 e. The summed E-state index contributed by atoms with van der Waals surface area (Å²) in [6, 6.07) is 0.151. The first-order chi connectivity index (χ1) is 8.11. The van der Waals surface area contributed by atoms with Crippen molar-refractivity contribution in [3.8, 4) is 0 Å². The number of fused-ring (bicyclic) bond motifs is 3. The molecule has 3 aliphatic rings. The van der Waals surface area contributed by atoms with E-state index in [4.69, 9.17) is 11.1 Å². The Kier molecular flexibility index (Phi) is 2.18. The molecule has 1 saturated carbocycles. The fourth-order valence-electron chi connectivity index (χ4n) is 3.69. The molecule has 2 aliphatic heterocycles. The van der Waals surface area contributed by atoms with Crippen LogP contribution in [-0.4, -0.2) is 33.8 Å². The van der Waals surface area contributed by atoms with Crippen LogP contribution < -0.4 is 5.73 Å². The Balaban J connectivity index is 1.96. The van der Waals surface area contributed by atoms with Crippen molar-refractivity contribution < 1.29 is 9.90 Å². The minimum atomic E-state index is -0.686. The fraction of sp³-hybridized carbons (Fsp3) is 0.667. The van der Waals surface area contributed by atoms with Gasteiger partial charge in [-0.2, -0.15) is 0 Å². The summed E-state index contributed by atoms with van der Waals surface area (Å²) in [4.78, 5) is 13.2. The van der Waals surface area contributed by atoms with E-state index in [0.29, 0.717) is 12.0 Å². The zero-order chi connectivity index (χ0) is 12.2. The summed E-state index contributed by atoms with van der Waals surface area (Å²) in [5, 5.41) is 18.1. The van der Waals surface area contributed by atoms with Crippen LogP contribution in [0, 0.1) is 11.3 Å². The summed E-state index contributed by atoms with van der Waals surface area (Å²) in [5.41, 5.74) is 5.25. The lowest BCUT2D eigenvalue weighted by molar-refractivity contribution is -0.114. The quantitative estimate of drug-likeness (QED) is 0.631. The molecule has 0 bridgehead atoms. The van der Waals surface area contributed by atoms with Crippen molar-refractivity contribution >= 4 is 11.7 Å². The standard InChI is InChI=1S/C12H17N3O2/c13-11-9(12(14)17)10(16)8-5-6-3-1-2-4-7(6)15(8)11/h6-8,13,16H,1-5H2,(H2,14,17)/t6-,7-,8-/m1/s1. The van der Waals surface area contributed by atoms with Crippen molar-refractivity contribution in [2.45, 2.75) is 44.2 Å². The van der Waals surface area contributed by atoms with Crippen LogP contribution in [0.3, 0.4) is 0 Å². The van der Waals surface area contributed by atoms with Crippen LogP contribution in [0.25, 0.3) is 0 Å². The second-order valence-corrected chi connectivity index (χ2v) is 5.24. The first-order valence-electron chi connectivity index (χ1n) is 6.21. The maximum Gasteiger partial charge on any atom is 0.255 e. The summed E-state index contributed by atoms with van der Waals surface area (Å²) >= 11 is 0. The predicted molar refractivity (Wildman–Crippen MR) is 62.6 cm³/mol. The summed E-state index contributed by atoms with van der Waals surface area (Å²) in [6.07, 6.45) is 5.50. The number of rotatable bonds is 1. The Labute approximate surface area is 99.8 Å². The molecule has 0 radical (unpaired) electrons. The van der Waals surface area contributed by atoms with Crippen LogP contribution in [0.1, 0.15) is 32.1 Å². The molecular weight excluding hydrogens is 218 g/mol. The van der Waals surface area contributed by atoms with Gasteiger partial charge in [-0.05, 0) is 25.2 Å². The molecule has 3 atom stereocenters. The van der Waals surface area contributed by atoms with Gasteiger partial charge in [0, 0.05) is 6.04 Å². The Bertz CT molecular complexity index is 429. The van der Waals surface area contributed by atoms with Gasteiger partial charge in [-0.25, -0.2) is 0 Å². The largest absolute Gasteiger partial charge is 0.509 e. The number of nitrogens with two attached hydrogens (primary N) is 1. The van der Waals surface area contributed by atoms with Crippen LogP contribution >= 0.6 is 0 Å². The third-order valence-electron chi connectivity index (χ3n) is 4.40. The highest BCUT2D eigenvalue weighted by atomic mass is 16.3. The lowest BCUT2D eigenvalue weighted by Gasteiger charge is -2.32. The lowest BCUT2D eigenvalue weighted by Crippen LogP contribution is -2.40.